The smallest absolute Gasteiger partial charge is 0.204 e. The zero-order valence-electron chi connectivity index (χ0n) is 21.7. The number of nitrogens with one attached hydrogen (secondary N) is 1. The minimum absolute atomic E-state index is 0.250. The van der Waals surface area contributed by atoms with Crippen LogP contribution in [0.25, 0.3) is 0 Å². The van der Waals surface area contributed by atoms with Gasteiger partial charge in [-0.05, 0) is 118 Å². The second-order valence-corrected chi connectivity index (χ2v) is 11.3. The largest absolute Gasteiger partial charge is 0.372 e. The molecule has 0 saturated heterocycles. The molecule has 0 spiro atoms. The molecule has 0 aliphatic heterocycles. The number of amides is 1. The summed E-state index contributed by atoms with van der Waals surface area (Å²) in [4.78, 5) is 8.58. The van der Waals surface area contributed by atoms with E-state index in [4.69, 9.17) is 4.79 Å². The molecule has 4 saturated carbocycles. The Kier molecular flexibility index (Phi) is 10.4. The van der Waals surface area contributed by atoms with E-state index in [1.807, 2.05) is 13.8 Å². The fourth-order valence-corrected chi connectivity index (χ4v) is 9.13. The Morgan fingerprint density at radius 1 is 0.968 bits per heavy atom. The van der Waals surface area contributed by atoms with Gasteiger partial charge in [-0.3, -0.25) is 4.79 Å². The van der Waals surface area contributed by atoms with Crippen LogP contribution in [0.4, 0.5) is 0 Å². The van der Waals surface area contributed by atoms with Crippen molar-refractivity contribution in [3.8, 4) is 0 Å². The first-order valence-electron chi connectivity index (χ1n) is 13.8. The molecule has 4 fully saturated rings. The van der Waals surface area contributed by atoms with Gasteiger partial charge in [0.2, 0.25) is 6.41 Å². The van der Waals surface area contributed by atoms with Gasteiger partial charge in [0.1, 0.15) is 0 Å². The first kappa shape index (κ1) is 26.7. The topological polar surface area (TPSA) is 55.1 Å². The molecule has 4 aliphatic rings. The number of fused-ring (bicyclic) bond motifs is 5. The molecule has 4 rings (SSSR count). The Morgan fingerprint density at radius 2 is 1.65 bits per heavy atom. The van der Waals surface area contributed by atoms with Gasteiger partial charge in [-0.15, -0.1) is 0 Å². The van der Waals surface area contributed by atoms with Gasteiger partial charge in [-0.25, -0.2) is 0 Å². The number of hydrogen-bond donors (Lipinski definition) is 2. The van der Waals surface area contributed by atoms with Gasteiger partial charge < -0.3 is 11.1 Å². The third kappa shape index (κ3) is 5.17. The zero-order valence-corrected chi connectivity index (χ0v) is 21.7. The Bertz CT molecular complexity index is 537. The average molecular weight is 435 g/mol. The van der Waals surface area contributed by atoms with E-state index in [1.54, 1.807) is 38.5 Å². The number of nitrogens with two attached hydrogens (primary N) is 1. The van der Waals surface area contributed by atoms with Crippen molar-refractivity contribution in [2.24, 2.45) is 52.1 Å². The lowest BCUT2D eigenvalue weighted by molar-refractivity contribution is -0.135. The monoisotopic (exact) mass is 434 g/mol. The predicted molar refractivity (Wildman–Crippen MR) is 134 cm³/mol. The van der Waals surface area contributed by atoms with Crippen LogP contribution in [0.15, 0.2) is 0 Å². The van der Waals surface area contributed by atoms with Gasteiger partial charge in [0, 0.05) is 0 Å². The molecule has 0 heterocycles. The number of hydrogen-bond acceptors (Lipinski definition) is 2. The summed E-state index contributed by atoms with van der Waals surface area (Å²) in [6, 6.07) is 0. The Balaban J connectivity index is 0.000000630. The third-order valence-electron chi connectivity index (χ3n) is 10.5. The van der Waals surface area contributed by atoms with E-state index in [2.05, 4.69) is 38.9 Å². The maximum Gasteiger partial charge on any atom is 0.204 e. The van der Waals surface area contributed by atoms with Crippen LogP contribution in [0, 0.1) is 46.3 Å². The highest BCUT2D eigenvalue weighted by atomic mass is 16.1. The van der Waals surface area contributed by atoms with Crippen molar-refractivity contribution >= 4 is 6.41 Å². The van der Waals surface area contributed by atoms with Crippen LogP contribution >= 0.6 is 0 Å². The van der Waals surface area contributed by atoms with Crippen molar-refractivity contribution in [2.75, 3.05) is 13.6 Å². The molecule has 3 N–H and O–H groups in total. The Labute approximate surface area is 194 Å². The van der Waals surface area contributed by atoms with Crippen LogP contribution in [0.2, 0.25) is 0 Å². The SMILES string of the molecule is CC.CC[C@H]1CC2C3CCC(CCCNC)C3(C)CC[C@@H]2C2(C)CCCCC12.NC=O. The molecule has 4 aliphatic carbocycles. The molecular formula is C28H54N2O. The Hall–Kier alpha value is -0.570. The zero-order chi connectivity index (χ0) is 23.1. The van der Waals surface area contributed by atoms with Crippen LogP contribution < -0.4 is 11.1 Å². The molecule has 6 unspecified atom stereocenters. The molecule has 0 bridgehead atoms. The van der Waals surface area contributed by atoms with E-state index in [0.29, 0.717) is 10.8 Å². The van der Waals surface area contributed by atoms with E-state index >= 15 is 0 Å². The maximum absolute atomic E-state index is 8.58. The second-order valence-electron chi connectivity index (χ2n) is 11.3. The van der Waals surface area contributed by atoms with Crippen LogP contribution in [0.5, 0.6) is 0 Å². The normalized spacial score (nSPS) is 43.2. The molecular weight excluding hydrogens is 380 g/mol. The van der Waals surface area contributed by atoms with Crippen molar-refractivity contribution in [2.45, 2.75) is 112 Å². The van der Waals surface area contributed by atoms with E-state index in [0.717, 1.165) is 35.5 Å². The van der Waals surface area contributed by atoms with Gasteiger partial charge in [0.25, 0.3) is 0 Å². The average Bonchev–Trinajstić information content (AvgIpc) is 3.11. The number of rotatable bonds is 5. The molecule has 3 nitrogen and oxygen atoms in total. The standard InChI is InChI=1S/C25H45N.C2H6.CH3NO/c1-5-18-17-20-22-12-11-19(9-8-16-26-4)24(22,2)15-13-23(20)25(3)14-7-6-10-21(18)25;1-2;2-1-3/h18-23,26H,5-17H2,1-4H3;1-2H3;1H,(H2,2,3)/t18-,19?,20?,21?,22?,23-,24?,25?;;/m0../s1. The minimum Gasteiger partial charge on any atom is -0.372 e. The molecule has 182 valence electrons. The lowest BCUT2D eigenvalue weighted by Gasteiger charge is -2.62. The van der Waals surface area contributed by atoms with E-state index in [-0.39, 0.29) is 6.41 Å². The van der Waals surface area contributed by atoms with Gasteiger partial charge in [-0.1, -0.05) is 53.9 Å². The second kappa shape index (κ2) is 12.1. The van der Waals surface area contributed by atoms with E-state index < -0.39 is 0 Å². The summed E-state index contributed by atoms with van der Waals surface area (Å²) in [6.45, 7) is 13.2. The lowest BCUT2D eigenvalue weighted by atomic mass is 9.42. The van der Waals surface area contributed by atoms with Gasteiger partial charge in [0.05, 0.1) is 0 Å². The van der Waals surface area contributed by atoms with Crippen LogP contribution in [0.1, 0.15) is 112 Å². The fourth-order valence-electron chi connectivity index (χ4n) is 9.13. The summed E-state index contributed by atoms with van der Waals surface area (Å²) in [6.07, 6.45) is 18.5. The first-order valence-corrected chi connectivity index (χ1v) is 13.8. The van der Waals surface area contributed by atoms with Crippen molar-refractivity contribution in [3.63, 3.8) is 0 Å². The number of carbonyl (C=O) groups is 1. The summed E-state index contributed by atoms with van der Waals surface area (Å²) in [7, 11) is 2.11. The molecule has 31 heavy (non-hydrogen) atoms. The molecule has 0 aromatic rings. The summed E-state index contributed by atoms with van der Waals surface area (Å²) < 4.78 is 0. The first-order chi connectivity index (χ1) is 15.0. The minimum atomic E-state index is 0.250. The maximum atomic E-state index is 8.58. The third-order valence-corrected chi connectivity index (χ3v) is 10.5. The summed E-state index contributed by atoms with van der Waals surface area (Å²) >= 11 is 0. The van der Waals surface area contributed by atoms with Gasteiger partial charge in [-0.2, -0.15) is 0 Å². The van der Waals surface area contributed by atoms with E-state index in [9.17, 15) is 0 Å². The summed E-state index contributed by atoms with van der Waals surface area (Å²) in [5.41, 5.74) is 5.53. The molecule has 8 atom stereocenters. The highest BCUT2D eigenvalue weighted by Gasteiger charge is 2.60. The molecule has 1 amide bonds. The van der Waals surface area contributed by atoms with Crippen molar-refractivity contribution in [1.82, 2.24) is 5.32 Å². The Morgan fingerprint density at radius 3 is 2.29 bits per heavy atom. The van der Waals surface area contributed by atoms with Crippen molar-refractivity contribution in [3.05, 3.63) is 0 Å². The number of primary amides is 1. The van der Waals surface area contributed by atoms with Crippen LogP contribution in [0.3, 0.4) is 0 Å². The van der Waals surface area contributed by atoms with Gasteiger partial charge >= 0.3 is 0 Å². The van der Waals surface area contributed by atoms with Crippen LogP contribution in [-0.2, 0) is 4.79 Å². The molecule has 0 aromatic heterocycles. The number of carbonyl (C=O) groups excluding carboxylic acids is 1. The van der Waals surface area contributed by atoms with Crippen molar-refractivity contribution in [1.29, 1.82) is 0 Å². The van der Waals surface area contributed by atoms with Crippen LogP contribution in [-0.4, -0.2) is 20.0 Å². The highest BCUT2D eigenvalue weighted by Crippen LogP contribution is 2.69. The highest BCUT2D eigenvalue weighted by molar-refractivity contribution is 5.42. The lowest BCUT2D eigenvalue weighted by Crippen LogP contribution is -2.55. The summed E-state index contributed by atoms with van der Waals surface area (Å²) in [5, 5.41) is 3.37. The van der Waals surface area contributed by atoms with E-state index in [1.165, 1.54) is 45.1 Å². The molecule has 0 radical (unpaired) electrons. The quantitative estimate of drug-likeness (QED) is 0.369. The van der Waals surface area contributed by atoms with Crippen molar-refractivity contribution < 1.29 is 4.79 Å². The predicted octanol–water partition coefficient (Wildman–Crippen LogP) is 6.80. The summed E-state index contributed by atoms with van der Waals surface area (Å²) in [5.74, 6) is 6.28. The molecule has 0 aromatic carbocycles. The fraction of sp³-hybridized carbons (Fsp3) is 0.964. The van der Waals surface area contributed by atoms with Gasteiger partial charge in [0.15, 0.2) is 0 Å². The molecule has 3 heteroatoms.